The van der Waals surface area contributed by atoms with Gasteiger partial charge in [-0.05, 0) is 66.1 Å². The fourth-order valence-corrected chi connectivity index (χ4v) is 6.11. The third-order valence-electron chi connectivity index (χ3n) is 6.11. The maximum atomic E-state index is 13.4. The topological polar surface area (TPSA) is 92.6 Å². The highest BCUT2D eigenvalue weighted by Gasteiger charge is 2.48. The number of carbonyl (C=O) groups excluding carboxylic acids is 2. The molecule has 204 valence electrons. The van der Waals surface area contributed by atoms with Gasteiger partial charge in [0.05, 0.1) is 18.2 Å². The summed E-state index contributed by atoms with van der Waals surface area (Å²) in [5, 5.41) is 20.4. The molecule has 5 rings (SSSR count). The molecule has 0 aliphatic carbocycles. The number of halogens is 2. The average molecular weight is 596 g/mol. The molecule has 1 aliphatic rings. The van der Waals surface area contributed by atoms with Crippen LogP contribution in [-0.2, 0) is 15.3 Å². The van der Waals surface area contributed by atoms with Crippen molar-refractivity contribution in [2.45, 2.75) is 29.5 Å². The van der Waals surface area contributed by atoms with E-state index in [4.69, 9.17) is 16.3 Å². The maximum Gasteiger partial charge on any atom is 0.301 e. The molecule has 0 spiro atoms. The Morgan fingerprint density at radius 2 is 1.75 bits per heavy atom. The number of ether oxygens (including phenoxy) is 1. The molecule has 40 heavy (non-hydrogen) atoms. The fourth-order valence-electron chi connectivity index (χ4n) is 4.16. The van der Waals surface area contributed by atoms with Gasteiger partial charge >= 0.3 is 5.91 Å². The number of amides is 1. The fraction of sp³-hybridized carbons (Fsp3) is 0.172. The lowest BCUT2D eigenvalue weighted by Gasteiger charge is -2.22. The van der Waals surface area contributed by atoms with Crippen molar-refractivity contribution in [3.8, 4) is 5.75 Å². The Morgan fingerprint density at radius 1 is 1.05 bits per heavy atom. The van der Waals surface area contributed by atoms with Crippen LogP contribution in [-0.4, -0.2) is 33.6 Å². The van der Waals surface area contributed by atoms with Gasteiger partial charge in [-0.2, -0.15) is 0 Å². The van der Waals surface area contributed by atoms with E-state index in [1.807, 2.05) is 6.92 Å². The highest BCUT2D eigenvalue weighted by atomic mass is 35.5. The summed E-state index contributed by atoms with van der Waals surface area (Å²) in [6.45, 7) is 2.56. The van der Waals surface area contributed by atoms with Crippen LogP contribution in [0.1, 0.15) is 36.1 Å². The lowest BCUT2D eigenvalue weighted by molar-refractivity contribution is -0.132. The molecule has 0 saturated carbocycles. The van der Waals surface area contributed by atoms with Crippen LogP contribution in [0, 0.1) is 5.82 Å². The van der Waals surface area contributed by atoms with Crippen LogP contribution in [0.5, 0.6) is 5.75 Å². The van der Waals surface area contributed by atoms with Crippen LogP contribution in [0.2, 0.25) is 5.02 Å². The number of aromatic nitrogens is 2. The molecule has 7 nitrogen and oxygen atoms in total. The van der Waals surface area contributed by atoms with Crippen LogP contribution in [0.15, 0.2) is 82.7 Å². The van der Waals surface area contributed by atoms with E-state index in [0.29, 0.717) is 38.6 Å². The standard InChI is InChI=1S/C29H23ClFN3O4S2/c1-2-15-38-22-13-7-18(8-14-22)24-23(25(35)19-5-9-20(30)10-6-19)26(36)27(37)34(24)28-32-33-29(40-28)39-16-17-3-11-21(31)12-4-17/h3-14,24,35H,2,15-16H2,1H3/b25-23-. The van der Waals surface area contributed by atoms with E-state index in [-0.39, 0.29) is 22.3 Å². The Hall–Kier alpha value is -3.73. The van der Waals surface area contributed by atoms with Gasteiger partial charge in [0.1, 0.15) is 17.3 Å². The van der Waals surface area contributed by atoms with E-state index in [2.05, 4.69) is 10.2 Å². The highest BCUT2D eigenvalue weighted by Crippen LogP contribution is 2.44. The SMILES string of the molecule is CCCOc1ccc(C2/C(=C(/O)c3ccc(Cl)cc3)C(=O)C(=O)N2c2nnc(SCc3ccc(F)cc3)s2)cc1. The first-order chi connectivity index (χ1) is 19.4. The van der Waals surface area contributed by atoms with Gasteiger partial charge in [-0.25, -0.2) is 4.39 Å². The van der Waals surface area contributed by atoms with Crippen molar-refractivity contribution < 1.29 is 23.8 Å². The number of nitrogens with zero attached hydrogens (tertiary/aromatic N) is 3. The van der Waals surface area contributed by atoms with Crippen molar-refractivity contribution >= 4 is 57.3 Å². The quantitative estimate of drug-likeness (QED) is 0.0729. The number of rotatable bonds is 9. The Balaban J connectivity index is 1.51. The first-order valence-electron chi connectivity index (χ1n) is 12.4. The van der Waals surface area contributed by atoms with Gasteiger partial charge in [-0.1, -0.05) is 65.9 Å². The third-order valence-corrected chi connectivity index (χ3v) is 8.49. The summed E-state index contributed by atoms with van der Waals surface area (Å²) < 4.78 is 19.5. The number of hydrogen-bond donors (Lipinski definition) is 1. The zero-order chi connectivity index (χ0) is 28.2. The van der Waals surface area contributed by atoms with Crippen molar-refractivity contribution in [3.63, 3.8) is 0 Å². The number of ketones is 1. The average Bonchev–Trinajstić information content (AvgIpc) is 3.54. The molecule has 0 bridgehead atoms. The second-order valence-electron chi connectivity index (χ2n) is 8.86. The Labute approximate surface area is 243 Å². The number of hydrogen-bond acceptors (Lipinski definition) is 8. The van der Waals surface area contributed by atoms with E-state index in [9.17, 15) is 19.1 Å². The van der Waals surface area contributed by atoms with Crippen molar-refractivity contribution in [2.75, 3.05) is 11.5 Å². The number of aliphatic hydroxyl groups excluding tert-OH is 1. The number of Topliss-reactive ketones (excluding diaryl/α,β-unsaturated/α-hetero) is 1. The summed E-state index contributed by atoms with van der Waals surface area (Å²) in [6, 6.07) is 18.6. The Morgan fingerprint density at radius 3 is 2.42 bits per heavy atom. The molecule has 1 aromatic heterocycles. The molecule has 2 heterocycles. The van der Waals surface area contributed by atoms with Gasteiger partial charge in [0, 0.05) is 16.3 Å². The summed E-state index contributed by atoms with van der Waals surface area (Å²) in [7, 11) is 0. The third kappa shape index (κ3) is 5.89. The lowest BCUT2D eigenvalue weighted by atomic mass is 9.95. The van der Waals surface area contributed by atoms with E-state index in [0.717, 1.165) is 23.3 Å². The van der Waals surface area contributed by atoms with Gasteiger partial charge in [0.15, 0.2) is 4.34 Å². The van der Waals surface area contributed by atoms with Crippen LogP contribution in [0.4, 0.5) is 9.52 Å². The molecule has 1 unspecified atom stereocenters. The van der Waals surface area contributed by atoms with Crippen LogP contribution < -0.4 is 9.64 Å². The minimum absolute atomic E-state index is 0.0646. The molecule has 11 heteroatoms. The molecule has 1 N–H and O–H groups in total. The van der Waals surface area contributed by atoms with E-state index in [1.165, 1.54) is 28.8 Å². The van der Waals surface area contributed by atoms with Crippen molar-refractivity contribution in [2.24, 2.45) is 0 Å². The molecular weight excluding hydrogens is 573 g/mol. The van der Waals surface area contributed by atoms with Crippen LogP contribution in [0.25, 0.3) is 5.76 Å². The van der Waals surface area contributed by atoms with Crippen molar-refractivity contribution in [1.29, 1.82) is 0 Å². The van der Waals surface area contributed by atoms with Gasteiger partial charge in [0.2, 0.25) is 5.13 Å². The largest absolute Gasteiger partial charge is 0.507 e. The van der Waals surface area contributed by atoms with Gasteiger partial charge < -0.3 is 9.84 Å². The monoisotopic (exact) mass is 595 g/mol. The number of benzene rings is 3. The number of aliphatic hydroxyl groups is 1. The summed E-state index contributed by atoms with van der Waals surface area (Å²) in [5.74, 6) is -1.12. The minimum Gasteiger partial charge on any atom is -0.507 e. The predicted octanol–water partition coefficient (Wildman–Crippen LogP) is 7.04. The summed E-state index contributed by atoms with van der Waals surface area (Å²) in [6.07, 6.45) is 0.849. The maximum absolute atomic E-state index is 13.4. The highest BCUT2D eigenvalue weighted by molar-refractivity contribution is 8.00. The second kappa shape index (κ2) is 12.2. The molecule has 4 aromatic rings. The van der Waals surface area contributed by atoms with Crippen molar-refractivity contribution in [1.82, 2.24) is 10.2 Å². The minimum atomic E-state index is -0.946. The molecular formula is C29H23ClFN3O4S2. The van der Waals surface area contributed by atoms with E-state index >= 15 is 0 Å². The van der Waals surface area contributed by atoms with Crippen LogP contribution in [0.3, 0.4) is 0 Å². The Bertz CT molecular complexity index is 1560. The normalized spacial score (nSPS) is 16.5. The first-order valence-corrected chi connectivity index (χ1v) is 14.5. The molecule has 1 saturated heterocycles. The molecule has 1 amide bonds. The van der Waals surface area contributed by atoms with Gasteiger partial charge in [0.25, 0.3) is 5.78 Å². The van der Waals surface area contributed by atoms with E-state index < -0.39 is 17.7 Å². The van der Waals surface area contributed by atoms with Gasteiger partial charge in [-0.15, -0.1) is 10.2 Å². The number of carbonyl (C=O) groups is 2. The number of thioether (sulfide) groups is 1. The Kier molecular flexibility index (Phi) is 8.49. The summed E-state index contributed by atoms with van der Waals surface area (Å²) >= 11 is 8.55. The zero-order valence-corrected chi connectivity index (χ0v) is 23.6. The van der Waals surface area contributed by atoms with E-state index in [1.54, 1.807) is 60.7 Å². The lowest BCUT2D eigenvalue weighted by Crippen LogP contribution is -2.29. The van der Waals surface area contributed by atoms with Gasteiger partial charge in [-0.3, -0.25) is 14.5 Å². The molecule has 1 fully saturated rings. The molecule has 0 radical (unpaired) electrons. The first kappa shape index (κ1) is 27.8. The van der Waals surface area contributed by atoms with Crippen molar-refractivity contribution in [3.05, 3.63) is 106 Å². The smallest absolute Gasteiger partial charge is 0.301 e. The summed E-state index contributed by atoms with van der Waals surface area (Å²) in [4.78, 5) is 28.0. The zero-order valence-electron chi connectivity index (χ0n) is 21.2. The second-order valence-corrected chi connectivity index (χ2v) is 11.5. The number of anilines is 1. The van der Waals surface area contributed by atoms with Crippen LogP contribution >= 0.6 is 34.7 Å². The molecule has 1 aliphatic heterocycles. The molecule has 3 aromatic carbocycles. The predicted molar refractivity (Wildman–Crippen MR) is 154 cm³/mol. The molecule has 1 atom stereocenters. The summed E-state index contributed by atoms with van der Waals surface area (Å²) in [5.41, 5.74) is 1.78.